The number of carboxylic acids is 1. The number of anilines is 1. The van der Waals surface area contributed by atoms with E-state index in [1.54, 1.807) is 36.4 Å². The van der Waals surface area contributed by atoms with Crippen LogP contribution in [-0.4, -0.2) is 58.1 Å². The summed E-state index contributed by atoms with van der Waals surface area (Å²) in [5.41, 5.74) is 13.6. The van der Waals surface area contributed by atoms with Gasteiger partial charge >= 0.3 is 5.97 Å². The Labute approximate surface area is 232 Å². The lowest BCUT2D eigenvalue weighted by Crippen LogP contribution is -2.35. The summed E-state index contributed by atoms with van der Waals surface area (Å²) in [4.78, 5) is 13.4. The van der Waals surface area contributed by atoms with Crippen molar-refractivity contribution in [2.24, 2.45) is 11.5 Å². The Kier molecular flexibility index (Phi) is 9.50. The molecule has 202 valence electrons. The van der Waals surface area contributed by atoms with Gasteiger partial charge in [0.15, 0.2) is 0 Å². The summed E-state index contributed by atoms with van der Waals surface area (Å²) in [5, 5.41) is 14.2. The zero-order valence-corrected chi connectivity index (χ0v) is 23.2. The van der Waals surface area contributed by atoms with Gasteiger partial charge in [-0.05, 0) is 79.0 Å². The van der Waals surface area contributed by atoms with Gasteiger partial charge in [-0.25, -0.2) is 8.42 Å². The van der Waals surface area contributed by atoms with Crippen LogP contribution >= 0.6 is 23.2 Å². The molecule has 0 unspecified atom stereocenters. The first-order chi connectivity index (χ1) is 17.9. The van der Waals surface area contributed by atoms with Crippen LogP contribution in [0.4, 0.5) is 5.69 Å². The molecule has 0 fully saturated rings. The molecular weight excluding hydrogens is 549 g/mol. The van der Waals surface area contributed by atoms with E-state index in [0.29, 0.717) is 23.4 Å². The van der Waals surface area contributed by atoms with Gasteiger partial charge in [-0.15, -0.1) is 0 Å². The van der Waals surface area contributed by atoms with Crippen LogP contribution in [0.15, 0.2) is 77.5 Å². The summed E-state index contributed by atoms with van der Waals surface area (Å²) in [6.07, 6.45) is 3.39. The van der Waals surface area contributed by atoms with Crippen LogP contribution < -0.4 is 21.1 Å². The molecule has 0 amide bonds. The Morgan fingerprint density at radius 2 is 1.61 bits per heavy atom. The van der Waals surface area contributed by atoms with E-state index >= 15 is 0 Å². The van der Waals surface area contributed by atoms with Crippen molar-refractivity contribution in [3.63, 3.8) is 0 Å². The number of carboxylic acid groups (broad SMARTS) is 1. The van der Waals surface area contributed by atoms with Crippen molar-refractivity contribution in [2.75, 3.05) is 38.0 Å². The summed E-state index contributed by atoms with van der Waals surface area (Å²) in [5.74, 6) is -0.834. The van der Waals surface area contributed by atoms with Crippen molar-refractivity contribution in [1.82, 2.24) is 10.2 Å². The molecule has 0 spiro atoms. The maximum atomic E-state index is 13.4. The molecule has 3 rings (SSSR count). The molecule has 0 heterocycles. The topological polar surface area (TPSA) is 142 Å². The van der Waals surface area contributed by atoms with Crippen LogP contribution in [0.1, 0.15) is 5.56 Å². The number of benzene rings is 3. The zero-order chi connectivity index (χ0) is 28.0. The largest absolute Gasteiger partial charge is 0.480 e. The maximum absolute atomic E-state index is 13.4. The minimum Gasteiger partial charge on any atom is -0.480 e. The Hall–Kier alpha value is -3.44. The van der Waals surface area contributed by atoms with Gasteiger partial charge in [-0.2, -0.15) is 0 Å². The second-order valence-electron chi connectivity index (χ2n) is 8.73. The van der Waals surface area contributed by atoms with Crippen LogP contribution in [0.3, 0.4) is 0 Å². The predicted octanol–water partition coefficient (Wildman–Crippen LogP) is 3.68. The average Bonchev–Trinajstić information content (AvgIpc) is 2.84. The fourth-order valence-electron chi connectivity index (χ4n) is 3.57. The minimum absolute atomic E-state index is 0.115. The predicted molar refractivity (Wildman–Crippen MR) is 154 cm³/mol. The van der Waals surface area contributed by atoms with Gasteiger partial charge < -0.3 is 26.8 Å². The van der Waals surface area contributed by atoms with Crippen LogP contribution in [0, 0.1) is 0 Å². The number of halogens is 2. The zero-order valence-electron chi connectivity index (χ0n) is 20.9. The van der Waals surface area contributed by atoms with Crippen LogP contribution in [0.5, 0.6) is 0 Å². The number of hydrogen-bond donors (Lipinski definition) is 4. The molecule has 38 heavy (non-hydrogen) atoms. The summed E-state index contributed by atoms with van der Waals surface area (Å²) >= 11 is 12.0. The minimum atomic E-state index is -4.28. The number of likely N-dealkylation sites (N-methyl/N-ethyl adjacent to an activating group) is 1. The van der Waals surface area contributed by atoms with Crippen molar-refractivity contribution in [3.8, 4) is 0 Å². The van der Waals surface area contributed by atoms with Crippen molar-refractivity contribution in [1.29, 1.82) is 0 Å². The quantitative estimate of drug-likeness (QED) is 0.253. The van der Waals surface area contributed by atoms with Crippen LogP contribution in [0.25, 0.3) is 16.5 Å². The van der Waals surface area contributed by atoms with E-state index in [9.17, 15) is 18.3 Å². The molecule has 9 nitrogen and oxygen atoms in total. The van der Waals surface area contributed by atoms with E-state index in [1.165, 1.54) is 24.3 Å². The molecular formula is C26H29Cl2N5O4S. The van der Waals surface area contributed by atoms with Gasteiger partial charge in [0.1, 0.15) is 6.54 Å². The second-order valence-corrected chi connectivity index (χ2v) is 11.5. The van der Waals surface area contributed by atoms with Gasteiger partial charge in [0, 0.05) is 28.8 Å². The Bertz CT molecular complexity index is 1490. The summed E-state index contributed by atoms with van der Waals surface area (Å²) in [6.45, 7) is 0.737. The lowest BCUT2D eigenvalue weighted by molar-refractivity contribution is -0.135. The summed E-state index contributed by atoms with van der Waals surface area (Å²) < 4.78 is 27.6. The number of aliphatic carboxylic acids is 1. The SMILES string of the molecule is CN(C)CCN/C(N)=C/C=C(\N)c1ccc2cc(N(CC(=O)O)S(=O)(=O)c3cc(Cl)cc(Cl)c3)ccc2c1. The number of nitrogens with two attached hydrogens (primary N) is 2. The first-order valence-electron chi connectivity index (χ1n) is 11.4. The molecule has 0 saturated heterocycles. The number of nitrogens with one attached hydrogen (secondary N) is 1. The molecule has 0 aliphatic rings. The fourth-order valence-corrected chi connectivity index (χ4v) is 5.70. The first-order valence-corrected chi connectivity index (χ1v) is 13.6. The fraction of sp³-hybridized carbons (Fsp3) is 0.192. The number of hydrogen-bond acceptors (Lipinski definition) is 7. The molecule has 3 aromatic rings. The van der Waals surface area contributed by atoms with Gasteiger partial charge in [0.05, 0.1) is 16.4 Å². The van der Waals surface area contributed by atoms with E-state index in [0.717, 1.165) is 21.8 Å². The van der Waals surface area contributed by atoms with Crippen LogP contribution in [-0.2, 0) is 14.8 Å². The van der Waals surface area contributed by atoms with E-state index in [2.05, 4.69) is 5.32 Å². The van der Waals surface area contributed by atoms with Gasteiger partial charge in [-0.1, -0.05) is 41.4 Å². The van der Waals surface area contributed by atoms with Crippen LogP contribution in [0.2, 0.25) is 10.0 Å². The summed E-state index contributed by atoms with van der Waals surface area (Å²) in [7, 11) is -0.339. The lowest BCUT2D eigenvalue weighted by Gasteiger charge is -2.23. The van der Waals surface area contributed by atoms with Crippen molar-refractivity contribution >= 4 is 61.4 Å². The van der Waals surface area contributed by atoms with E-state index in [1.807, 2.05) is 25.1 Å². The van der Waals surface area contributed by atoms with Crippen molar-refractivity contribution < 1.29 is 18.3 Å². The summed E-state index contributed by atoms with van der Waals surface area (Å²) in [6, 6.07) is 14.1. The number of carbonyl (C=O) groups is 1. The van der Waals surface area contributed by atoms with Gasteiger partial charge in [0.25, 0.3) is 10.0 Å². The maximum Gasteiger partial charge on any atom is 0.324 e. The highest BCUT2D eigenvalue weighted by Crippen LogP contribution is 2.30. The molecule has 0 atom stereocenters. The molecule has 0 aromatic heterocycles. The van der Waals surface area contributed by atoms with Gasteiger partial charge in [0.2, 0.25) is 0 Å². The smallest absolute Gasteiger partial charge is 0.324 e. The molecule has 0 bridgehead atoms. The normalized spacial score (nSPS) is 12.7. The monoisotopic (exact) mass is 577 g/mol. The standard InChI is InChI=1S/C26H29Cl2N5O4S/c1-32(2)10-9-31-25(30)8-7-24(29)19-4-3-18-12-22(6-5-17(18)11-19)33(16-26(34)35)38(36,37)23-14-20(27)13-21(28)15-23/h3-8,11-15,31H,9-10,16,29-30H2,1-2H3,(H,34,35)/b24-7-,25-8+. The third-order valence-electron chi connectivity index (χ3n) is 5.48. The molecule has 0 radical (unpaired) electrons. The molecule has 0 saturated carbocycles. The second kappa shape index (κ2) is 12.4. The van der Waals surface area contributed by atoms with E-state index in [-0.39, 0.29) is 20.6 Å². The Morgan fingerprint density at radius 1 is 0.974 bits per heavy atom. The molecule has 12 heteroatoms. The van der Waals surface area contributed by atoms with E-state index < -0.39 is 22.5 Å². The third-order valence-corrected chi connectivity index (χ3v) is 7.67. The molecule has 6 N–H and O–H groups in total. The Morgan fingerprint density at radius 3 is 2.24 bits per heavy atom. The number of fused-ring (bicyclic) bond motifs is 1. The average molecular weight is 579 g/mol. The highest BCUT2D eigenvalue weighted by Gasteiger charge is 2.28. The molecule has 3 aromatic carbocycles. The number of nitrogens with zero attached hydrogens (tertiary/aromatic N) is 2. The molecule has 0 aliphatic carbocycles. The Balaban J connectivity index is 1.92. The van der Waals surface area contributed by atoms with Crippen molar-refractivity contribution in [3.05, 3.63) is 88.2 Å². The lowest BCUT2D eigenvalue weighted by atomic mass is 10.0. The number of allylic oxidation sites excluding steroid dienone is 2. The molecule has 0 aliphatic heterocycles. The number of sulfonamides is 1. The number of rotatable bonds is 11. The van der Waals surface area contributed by atoms with Gasteiger partial charge in [-0.3, -0.25) is 9.10 Å². The van der Waals surface area contributed by atoms with Crippen molar-refractivity contribution in [2.45, 2.75) is 4.90 Å². The highest BCUT2D eigenvalue weighted by molar-refractivity contribution is 7.92. The highest BCUT2D eigenvalue weighted by atomic mass is 35.5. The third kappa shape index (κ3) is 7.55. The van der Waals surface area contributed by atoms with E-state index in [4.69, 9.17) is 34.7 Å². The first kappa shape index (κ1) is 29.1.